The molecule has 2 aromatic heterocycles. The lowest BCUT2D eigenvalue weighted by atomic mass is 10.2. The highest BCUT2D eigenvalue weighted by Gasteiger charge is 2.33. The van der Waals surface area contributed by atoms with Crippen molar-refractivity contribution in [3.63, 3.8) is 0 Å². The van der Waals surface area contributed by atoms with E-state index in [1.807, 2.05) is 13.8 Å². The third-order valence-corrected chi connectivity index (χ3v) is 3.53. The molecule has 0 aromatic carbocycles. The summed E-state index contributed by atoms with van der Waals surface area (Å²) in [5.74, 6) is 1.57. The van der Waals surface area contributed by atoms with E-state index in [4.69, 9.17) is 4.42 Å². The van der Waals surface area contributed by atoms with E-state index in [1.165, 1.54) is 12.3 Å². The Morgan fingerprint density at radius 1 is 1.22 bits per heavy atom. The molecule has 0 radical (unpaired) electrons. The molecule has 0 amide bonds. The minimum atomic E-state index is -4.45. The maximum Gasteiger partial charge on any atom is 0.419 e. The van der Waals surface area contributed by atoms with Crippen LogP contribution in [0.25, 0.3) is 0 Å². The molecule has 3 N–H and O–H groups in total. The molecular formula is C16H22F3IN6O. The molecule has 0 unspecified atom stereocenters. The maximum absolute atomic E-state index is 12.9. The molecule has 0 atom stereocenters. The highest BCUT2D eigenvalue weighted by atomic mass is 127. The lowest BCUT2D eigenvalue weighted by Gasteiger charge is -2.14. The first kappa shape index (κ1) is 23.0. The van der Waals surface area contributed by atoms with Gasteiger partial charge in [-0.1, -0.05) is 0 Å². The van der Waals surface area contributed by atoms with Gasteiger partial charge in [0.2, 0.25) is 5.89 Å². The van der Waals surface area contributed by atoms with Gasteiger partial charge in [0.05, 0.1) is 17.8 Å². The van der Waals surface area contributed by atoms with E-state index < -0.39 is 11.7 Å². The molecule has 0 aliphatic carbocycles. The van der Waals surface area contributed by atoms with Crippen LogP contribution < -0.4 is 16.0 Å². The van der Waals surface area contributed by atoms with Crippen molar-refractivity contribution in [1.82, 2.24) is 20.6 Å². The summed E-state index contributed by atoms with van der Waals surface area (Å²) in [6.45, 7) is 4.61. The zero-order valence-corrected chi connectivity index (χ0v) is 17.5. The van der Waals surface area contributed by atoms with Gasteiger partial charge in [-0.05, 0) is 26.0 Å². The summed E-state index contributed by atoms with van der Waals surface area (Å²) in [5.41, 5.74) is 0.0296. The topological polar surface area (TPSA) is 87.4 Å². The van der Waals surface area contributed by atoms with E-state index >= 15 is 0 Å². The van der Waals surface area contributed by atoms with Crippen LogP contribution in [0.15, 0.2) is 27.7 Å². The third kappa shape index (κ3) is 6.88. The second kappa shape index (κ2) is 10.3. The van der Waals surface area contributed by atoms with Crippen molar-refractivity contribution in [2.75, 3.05) is 25.5 Å². The molecule has 27 heavy (non-hydrogen) atoms. The fourth-order valence-corrected chi connectivity index (χ4v) is 2.13. The van der Waals surface area contributed by atoms with E-state index in [9.17, 15) is 13.2 Å². The van der Waals surface area contributed by atoms with Crippen molar-refractivity contribution in [2.24, 2.45) is 4.99 Å². The van der Waals surface area contributed by atoms with Gasteiger partial charge in [0.15, 0.2) is 5.96 Å². The van der Waals surface area contributed by atoms with Gasteiger partial charge in [0, 0.05) is 26.3 Å². The Morgan fingerprint density at radius 3 is 2.56 bits per heavy atom. The molecule has 150 valence electrons. The van der Waals surface area contributed by atoms with Gasteiger partial charge in [-0.2, -0.15) is 13.2 Å². The fourth-order valence-electron chi connectivity index (χ4n) is 2.13. The molecule has 7 nitrogen and oxygen atoms in total. The van der Waals surface area contributed by atoms with Crippen molar-refractivity contribution in [3.8, 4) is 0 Å². The first-order valence-electron chi connectivity index (χ1n) is 7.94. The third-order valence-electron chi connectivity index (χ3n) is 3.53. The second-order valence-electron chi connectivity index (χ2n) is 5.43. The molecular weight excluding hydrogens is 476 g/mol. The summed E-state index contributed by atoms with van der Waals surface area (Å²) in [6.07, 6.45) is -3.14. The molecule has 0 saturated carbocycles. The number of aliphatic imine (C=N–C) groups is 1. The molecule has 0 aliphatic rings. The minimum absolute atomic E-state index is 0. The Hall–Kier alpha value is -2.05. The largest absolute Gasteiger partial charge is 0.444 e. The fraction of sp³-hybridized carbons (Fsp3) is 0.438. The molecule has 0 bridgehead atoms. The Kier molecular flexibility index (Phi) is 8.79. The number of aryl methyl sites for hydroxylation is 2. The smallest absolute Gasteiger partial charge is 0.419 e. The quantitative estimate of drug-likeness (QED) is 0.246. The number of hydrogen-bond donors (Lipinski definition) is 3. The predicted octanol–water partition coefficient (Wildman–Crippen LogP) is 3.10. The van der Waals surface area contributed by atoms with Gasteiger partial charge >= 0.3 is 6.18 Å². The van der Waals surface area contributed by atoms with E-state index in [-0.39, 0.29) is 36.3 Å². The van der Waals surface area contributed by atoms with Crippen LogP contribution >= 0.6 is 24.0 Å². The molecule has 11 heteroatoms. The lowest BCUT2D eigenvalue weighted by Crippen LogP contribution is -2.39. The van der Waals surface area contributed by atoms with Crippen LogP contribution in [-0.4, -0.2) is 36.1 Å². The van der Waals surface area contributed by atoms with Gasteiger partial charge in [-0.3, -0.25) is 4.99 Å². The highest BCUT2D eigenvalue weighted by molar-refractivity contribution is 14.0. The number of nitrogens with one attached hydrogen (secondary N) is 3. The summed E-state index contributed by atoms with van der Waals surface area (Å²) < 4.78 is 44.1. The van der Waals surface area contributed by atoms with E-state index in [2.05, 4.69) is 30.9 Å². The highest BCUT2D eigenvalue weighted by Crippen LogP contribution is 2.33. The summed E-state index contributed by atoms with van der Waals surface area (Å²) in [5, 5.41) is 8.68. The number of alkyl halides is 3. The van der Waals surface area contributed by atoms with Crippen LogP contribution in [0.3, 0.4) is 0 Å². The van der Waals surface area contributed by atoms with E-state index in [1.54, 1.807) is 7.05 Å². The van der Waals surface area contributed by atoms with Crippen LogP contribution in [-0.2, 0) is 12.7 Å². The van der Waals surface area contributed by atoms with Gasteiger partial charge in [-0.15, -0.1) is 24.0 Å². The maximum atomic E-state index is 12.9. The van der Waals surface area contributed by atoms with E-state index in [0.29, 0.717) is 24.9 Å². The number of hydrogen-bond acceptors (Lipinski definition) is 5. The SMILES string of the molecule is CN=C(NCCNc1ncccc1C(F)(F)F)NCc1nc(C)c(C)o1.I. The normalized spacial score (nSPS) is 11.7. The van der Waals surface area contributed by atoms with Crippen molar-refractivity contribution in [1.29, 1.82) is 0 Å². The average molecular weight is 498 g/mol. The summed E-state index contributed by atoms with van der Waals surface area (Å²) in [7, 11) is 1.59. The van der Waals surface area contributed by atoms with Crippen molar-refractivity contribution < 1.29 is 17.6 Å². The van der Waals surface area contributed by atoms with Gasteiger partial charge in [-0.25, -0.2) is 9.97 Å². The van der Waals surface area contributed by atoms with Crippen LogP contribution in [0.1, 0.15) is 22.9 Å². The predicted molar refractivity (Wildman–Crippen MR) is 107 cm³/mol. The van der Waals surface area contributed by atoms with Crippen LogP contribution in [0, 0.1) is 13.8 Å². The number of nitrogens with zero attached hydrogens (tertiary/aromatic N) is 3. The van der Waals surface area contributed by atoms with Crippen LogP contribution in [0.2, 0.25) is 0 Å². The number of halogens is 4. The average Bonchev–Trinajstić information content (AvgIpc) is 2.91. The summed E-state index contributed by atoms with van der Waals surface area (Å²) in [6, 6.07) is 2.24. The number of pyridine rings is 1. The van der Waals surface area contributed by atoms with Crippen molar-refractivity contribution >= 4 is 35.8 Å². The standard InChI is InChI=1S/C16H21F3N6O.HI/c1-10-11(2)26-13(25-10)9-24-15(20-3)23-8-7-22-14-12(16(17,18)19)5-4-6-21-14;/h4-6H,7-9H2,1-3H3,(H,21,22)(H2,20,23,24);1H. The zero-order valence-electron chi connectivity index (χ0n) is 15.1. The first-order chi connectivity index (χ1) is 12.3. The molecule has 2 aromatic rings. The number of oxazole rings is 1. The molecule has 0 aliphatic heterocycles. The van der Waals surface area contributed by atoms with Gasteiger partial charge < -0.3 is 20.4 Å². The second-order valence-corrected chi connectivity index (χ2v) is 5.43. The monoisotopic (exact) mass is 498 g/mol. The number of rotatable bonds is 6. The first-order valence-corrected chi connectivity index (χ1v) is 7.94. The van der Waals surface area contributed by atoms with Crippen molar-refractivity contribution in [2.45, 2.75) is 26.6 Å². The molecule has 0 spiro atoms. The summed E-state index contributed by atoms with van der Waals surface area (Å²) in [4.78, 5) is 12.0. The zero-order chi connectivity index (χ0) is 19.2. The van der Waals surface area contributed by atoms with E-state index in [0.717, 1.165) is 17.5 Å². The number of anilines is 1. The molecule has 2 heterocycles. The molecule has 2 rings (SSSR count). The van der Waals surface area contributed by atoms with Crippen LogP contribution in [0.4, 0.5) is 19.0 Å². The number of aromatic nitrogens is 2. The van der Waals surface area contributed by atoms with Gasteiger partial charge in [0.25, 0.3) is 0 Å². The number of guanidine groups is 1. The Morgan fingerprint density at radius 2 is 1.96 bits per heavy atom. The lowest BCUT2D eigenvalue weighted by molar-refractivity contribution is -0.137. The van der Waals surface area contributed by atoms with Gasteiger partial charge in [0.1, 0.15) is 11.6 Å². The molecule has 0 fully saturated rings. The minimum Gasteiger partial charge on any atom is -0.444 e. The Labute approximate surface area is 172 Å². The summed E-state index contributed by atoms with van der Waals surface area (Å²) >= 11 is 0. The van der Waals surface area contributed by atoms with Crippen molar-refractivity contribution in [3.05, 3.63) is 41.2 Å². The Bertz CT molecular complexity index is 743. The molecule has 0 saturated heterocycles. The Balaban J connectivity index is 0.00000364. The van der Waals surface area contributed by atoms with Crippen LogP contribution in [0.5, 0.6) is 0 Å².